The molecule has 0 unspecified atom stereocenters. The van der Waals surface area contributed by atoms with Crippen molar-refractivity contribution in [1.82, 2.24) is 5.32 Å². The van der Waals surface area contributed by atoms with Crippen LogP contribution in [0.1, 0.15) is 20.8 Å². The second kappa shape index (κ2) is 6.45. The van der Waals surface area contributed by atoms with Crippen molar-refractivity contribution >= 4 is 12.1 Å². The minimum atomic E-state index is -1.10. The SMILES string of the molecule is CC(C)(C)OC(=O)NCC(=O)O.[Ar]. The molecule has 6 heteroatoms. The van der Waals surface area contributed by atoms with E-state index in [1.807, 2.05) is 0 Å². The molecule has 0 rings (SSSR count). The molecule has 0 spiro atoms. The molecule has 1 amide bonds. The molecule has 0 bridgehead atoms. The van der Waals surface area contributed by atoms with Crippen LogP contribution in [0.5, 0.6) is 0 Å². The number of nitrogens with one attached hydrogen (secondary N) is 1. The van der Waals surface area contributed by atoms with Gasteiger partial charge in [-0.2, -0.15) is 0 Å². The number of carbonyl (C=O) groups is 2. The average molecular weight is 215 g/mol. The van der Waals surface area contributed by atoms with Gasteiger partial charge < -0.3 is 15.2 Å². The minimum Gasteiger partial charge on any atom is -0.480 e. The fraction of sp³-hybridized carbons (Fsp3) is 0.714. The number of alkyl carbamates (subject to hydrolysis) is 1. The first-order valence-corrected chi connectivity index (χ1v) is 3.50. The zero-order valence-electron chi connectivity index (χ0n) is 7.73. The topological polar surface area (TPSA) is 75.6 Å². The molecule has 0 aliphatic carbocycles. The van der Waals surface area contributed by atoms with Crippen molar-refractivity contribution in [2.24, 2.45) is 0 Å². The molecule has 13 heavy (non-hydrogen) atoms. The van der Waals surface area contributed by atoms with E-state index in [9.17, 15) is 9.59 Å². The van der Waals surface area contributed by atoms with Crippen molar-refractivity contribution in [1.29, 1.82) is 0 Å². The monoisotopic (exact) mass is 215 g/mol. The van der Waals surface area contributed by atoms with Gasteiger partial charge in [-0.1, -0.05) is 0 Å². The summed E-state index contributed by atoms with van der Waals surface area (Å²) in [5.41, 5.74) is -0.595. The molecule has 0 atom stereocenters. The van der Waals surface area contributed by atoms with Gasteiger partial charge in [0.15, 0.2) is 0 Å². The minimum absolute atomic E-state index is 0. The van der Waals surface area contributed by atoms with Crippen molar-refractivity contribution in [3.05, 3.63) is 0 Å². The normalized spacial score (nSPS) is 9.77. The van der Waals surface area contributed by atoms with Crippen LogP contribution in [0.25, 0.3) is 0 Å². The van der Waals surface area contributed by atoms with Crippen LogP contribution >= 0.6 is 0 Å². The van der Waals surface area contributed by atoms with Crippen LogP contribution in [0.2, 0.25) is 0 Å². The van der Waals surface area contributed by atoms with Crippen LogP contribution in [0.15, 0.2) is 0 Å². The summed E-state index contributed by atoms with van der Waals surface area (Å²) in [7, 11) is 0. The maximum Gasteiger partial charge on any atom is 0.408 e. The molecule has 0 fully saturated rings. The molecule has 0 aromatic heterocycles. The van der Waals surface area contributed by atoms with E-state index in [1.165, 1.54) is 0 Å². The number of hydrogen-bond acceptors (Lipinski definition) is 3. The van der Waals surface area contributed by atoms with E-state index in [0.29, 0.717) is 0 Å². The standard InChI is InChI=1S/C7H13NO4.Ar/c1-7(2,3)12-6(11)8-4-5(9)10;/h4H2,1-3H3,(H,8,11)(H,9,10);. The van der Waals surface area contributed by atoms with Crippen LogP contribution in [0.3, 0.4) is 0 Å². The Morgan fingerprint density at radius 2 is 1.85 bits per heavy atom. The van der Waals surface area contributed by atoms with Crippen molar-refractivity contribution in [2.75, 3.05) is 6.54 Å². The predicted octanol–water partition coefficient (Wildman–Crippen LogP) is 0.596. The Bertz CT molecular complexity index is 187. The molecule has 0 heterocycles. The molecule has 0 saturated heterocycles. The van der Waals surface area contributed by atoms with E-state index < -0.39 is 24.2 Å². The Balaban J connectivity index is 0. The largest absolute Gasteiger partial charge is 0.480 e. The van der Waals surface area contributed by atoms with Crippen LogP contribution in [0.4, 0.5) is 4.79 Å². The molecule has 78 valence electrons. The Hall–Kier alpha value is -0.000260. The Labute approximate surface area is 107 Å². The molecule has 0 aliphatic rings. The molecule has 0 aliphatic heterocycles. The number of hydrogen-bond donors (Lipinski definition) is 2. The number of carboxylic acids is 1. The fourth-order valence-corrected chi connectivity index (χ4v) is 0.462. The van der Waals surface area contributed by atoms with Crippen molar-refractivity contribution in [3.63, 3.8) is 0 Å². The van der Waals surface area contributed by atoms with E-state index in [-0.39, 0.29) is 37.7 Å². The Morgan fingerprint density at radius 1 is 1.38 bits per heavy atom. The van der Waals surface area contributed by atoms with Gasteiger partial charge in [0.2, 0.25) is 0 Å². The maximum atomic E-state index is 10.8. The average Bonchev–Trinajstić information content (AvgIpc) is 1.79. The molecule has 5 nitrogen and oxygen atoms in total. The molecule has 0 radical (unpaired) electrons. The van der Waals surface area contributed by atoms with Gasteiger partial charge in [0.25, 0.3) is 0 Å². The summed E-state index contributed by atoms with van der Waals surface area (Å²) in [6.07, 6.45) is -0.718. The fourth-order valence-electron chi connectivity index (χ4n) is 0.462. The zero-order chi connectivity index (χ0) is 9.78. The second-order valence-electron chi connectivity index (χ2n) is 3.25. The van der Waals surface area contributed by atoms with Gasteiger partial charge >= 0.3 is 12.1 Å². The summed E-state index contributed by atoms with van der Waals surface area (Å²) in [6.45, 7) is 4.68. The predicted molar refractivity (Wildman–Crippen MR) is 41.9 cm³/mol. The first kappa shape index (κ1) is 15.5. The van der Waals surface area contributed by atoms with Gasteiger partial charge in [-0.05, 0) is 20.8 Å². The number of carboxylic acid groups (broad SMARTS) is 1. The van der Waals surface area contributed by atoms with Gasteiger partial charge in [-0.25, -0.2) is 4.79 Å². The van der Waals surface area contributed by atoms with Crippen LogP contribution in [-0.2, 0) is 9.53 Å². The smallest absolute Gasteiger partial charge is 0.408 e. The molecular weight excluding hydrogens is 202 g/mol. The molecular formula is C7H13ArNO4. The second-order valence-corrected chi connectivity index (χ2v) is 3.25. The Morgan fingerprint density at radius 3 is 2.15 bits per heavy atom. The summed E-state index contributed by atoms with van der Waals surface area (Å²) in [5, 5.41) is 10.3. The van der Waals surface area contributed by atoms with E-state index >= 15 is 0 Å². The van der Waals surface area contributed by atoms with Gasteiger partial charge in [0.1, 0.15) is 12.1 Å². The zero-order valence-corrected chi connectivity index (χ0v) is 8.44. The summed E-state index contributed by atoms with van der Waals surface area (Å²) >= 11 is 0. The van der Waals surface area contributed by atoms with Crippen molar-refractivity contribution in [3.8, 4) is 0 Å². The van der Waals surface area contributed by atoms with Crippen molar-refractivity contribution in [2.45, 2.75) is 26.4 Å². The number of aliphatic carboxylic acids is 1. The van der Waals surface area contributed by atoms with Gasteiger partial charge in [0.05, 0.1) is 0 Å². The van der Waals surface area contributed by atoms with E-state index in [1.54, 1.807) is 20.8 Å². The molecule has 2 N–H and O–H groups in total. The maximum absolute atomic E-state index is 10.8. The summed E-state index contributed by atoms with van der Waals surface area (Å²) in [6, 6.07) is 0. The first-order valence-electron chi connectivity index (χ1n) is 3.50. The van der Waals surface area contributed by atoms with Gasteiger partial charge in [0, 0.05) is 37.7 Å². The number of amides is 1. The van der Waals surface area contributed by atoms with E-state index in [4.69, 9.17) is 9.84 Å². The third kappa shape index (κ3) is 12.0. The summed E-state index contributed by atoms with van der Waals surface area (Å²) < 4.78 is 4.77. The number of ether oxygens (including phenoxy) is 1. The molecule has 0 aromatic carbocycles. The molecule has 0 aromatic rings. The number of carbonyl (C=O) groups excluding carboxylic acids is 1. The van der Waals surface area contributed by atoms with Crippen molar-refractivity contribution < 1.29 is 57.2 Å². The summed E-state index contributed by atoms with van der Waals surface area (Å²) in [4.78, 5) is 20.8. The first-order chi connectivity index (χ1) is 5.31. The van der Waals surface area contributed by atoms with E-state index in [0.717, 1.165) is 0 Å². The Kier molecular flexibility index (Phi) is 7.68. The summed E-state index contributed by atoms with van der Waals surface area (Å²) in [5.74, 6) is -1.10. The quantitative estimate of drug-likeness (QED) is 0.707. The van der Waals surface area contributed by atoms with E-state index in [2.05, 4.69) is 5.32 Å². The third-order valence-electron chi connectivity index (χ3n) is 0.783. The number of rotatable bonds is 2. The van der Waals surface area contributed by atoms with Crippen LogP contribution in [0, 0.1) is 37.7 Å². The van der Waals surface area contributed by atoms with Crippen LogP contribution in [-0.4, -0.2) is 29.3 Å². The molecule has 0 saturated carbocycles. The van der Waals surface area contributed by atoms with Gasteiger partial charge in [-0.15, -0.1) is 0 Å². The van der Waals surface area contributed by atoms with Gasteiger partial charge in [-0.3, -0.25) is 4.79 Å². The van der Waals surface area contributed by atoms with Crippen LogP contribution < -0.4 is 5.32 Å². The third-order valence-corrected chi connectivity index (χ3v) is 0.783.